The van der Waals surface area contributed by atoms with E-state index in [9.17, 15) is 14.9 Å². The van der Waals surface area contributed by atoms with Crippen molar-refractivity contribution in [3.8, 4) is 11.8 Å². The van der Waals surface area contributed by atoms with Crippen molar-refractivity contribution in [2.24, 2.45) is 0 Å². The highest BCUT2D eigenvalue weighted by atomic mass is 79.9. The highest BCUT2D eigenvalue weighted by Crippen LogP contribution is 2.34. The molecule has 178 valence electrons. The summed E-state index contributed by atoms with van der Waals surface area (Å²) in [6, 6.07) is 17.5. The first-order valence-electron chi connectivity index (χ1n) is 10.3. The number of nitriles is 1. The zero-order valence-corrected chi connectivity index (χ0v) is 22.7. The number of anilines is 2. The Balaban J connectivity index is 1.79. The van der Waals surface area contributed by atoms with E-state index in [1.165, 1.54) is 6.08 Å². The van der Waals surface area contributed by atoms with Crippen molar-refractivity contribution in [1.29, 1.82) is 5.26 Å². The van der Waals surface area contributed by atoms with Gasteiger partial charge in [0, 0.05) is 26.4 Å². The van der Waals surface area contributed by atoms with Gasteiger partial charge in [0.05, 0.1) is 4.47 Å². The molecule has 6 nitrogen and oxygen atoms in total. The number of amides is 2. The molecule has 9 heteroatoms. The van der Waals surface area contributed by atoms with Crippen LogP contribution in [0.15, 0.2) is 69.1 Å². The molecule has 0 saturated heterocycles. The molecule has 0 aliphatic heterocycles. The van der Waals surface area contributed by atoms with E-state index in [1.807, 2.05) is 38.1 Å². The molecule has 0 bridgehead atoms. The number of rotatable bonds is 7. The van der Waals surface area contributed by atoms with E-state index in [1.54, 1.807) is 36.4 Å². The van der Waals surface area contributed by atoms with E-state index in [4.69, 9.17) is 16.3 Å². The molecule has 0 saturated carbocycles. The Hall–Kier alpha value is -3.12. The van der Waals surface area contributed by atoms with Crippen LogP contribution >= 0.6 is 43.5 Å². The molecule has 0 radical (unpaired) electrons. The molecule has 2 N–H and O–H groups in total. The number of ether oxygens (including phenoxy) is 1. The van der Waals surface area contributed by atoms with Gasteiger partial charge in [-0.15, -0.1) is 0 Å². The van der Waals surface area contributed by atoms with Crippen molar-refractivity contribution in [3.05, 3.63) is 90.8 Å². The second-order valence-electron chi connectivity index (χ2n) is 7.57. The molecule has 0 aliphatic carbocycles. The number of carbonyl (C=O) groups is 2. The van der Waals surface area contributed by atoms with Crippen molar-refractivity contribution in [3.63, 3.8) is 0 Å². The lowest BCUT2D eigenvalue weighted by Gasteiger charge is -2.13. The van der Waals surface area contributed by atoms with Crippen LogP contribution in [0.25, 0.3) is 6.08 Å². The van der Waals surface area contributed by atoms with E-state index in [0.717, 1.165) is 11.1 Å². The molecule has 0 aromatic heterocycles. The van der Waals surface area contributed by atoms with Crippen LogP contribution < -0.4 is 15.4 Å². The number of nitrogens with zero attached hydrogens (tertiary/aromatic N) is 1. The van der Waals surface area contributed by atoms with E-state index in [-0.39, 0.29) is 18.1 Å². The molecule has 3 aromatic rings. The van der Waals surface area contributed by atoms with Crippen molar-refractivity contribution in [2.75, 3.05) is 17.2 Å². The Morgan fingerprint density at radius 3 is 2.34 bits per heavy atom. The normalized spacial score (nSPS) is 10.9. The van der Waals surface area contributed by atoms with Crippen molar-refractivity contribution < 1.29 is 14.3 Å². The summed E-state index contributed by atoms with van der Waals surface area (Å²) in [6.07, 6.45) is 1.40. The highest BCUT2D eigenvalue weighted by molar-refractivity contribution is 9.11. The van der Waals surface area contributed by atoms with Gasteiger partial charge in [-0.25, -0.2) is 0 Å². The minimum Gasteiger partial charge on any atom is -0.482 e. The lowest BCUT2D eigenvalue weighted by molar-refractivity contribution is -0.118. The minimum absolute atomic E-state index is 0.144. The van der Waals surface area contributed by atoms with Gasteiger partial charge in [0.25, 0.3) is 11.8 Å². The zero-order valence-electron chi connectivity index (χ0n) is 18.8. The predicted molar refractivity (Wildman–Crippen MR) is 146 cm³/mol. The van der Waals surface area contributed by atoms with Crippen molar-refractivity contribution in [1.82, 2.24) is 0 Å². The van der Waals surface area contributed by atoms with Gasteiger partial charge in [-0.1, -0.05) is 33.6 Å². The molecule has 3 aromatic carbocycles. The summed E-state index contributed by atoms with van der Waals surface area (Å²) in [4.78, 5) is 25.2. The van der Waals surface area contributed by atoms with Gasteiger partial charge in [-0.2, -0.15) is 5.26 Å². The molecule has 0 spiro atoms. The van der Waals surface area contributed by atoms with Crippen molar-refractivity contribution in [2.45, 2.75) is 13.8 Å². The standard InChI is InChI=1S/C26H20Br2ClN3O3/c1-15-3-6-22(9-16(15)2)31-24(33)14-35-25-17(11-19(27)12-23(25)28)10-18(13-30)26(34)32-21-7-4-20(29)5-8-21/h3-12H,14H2,1-2H3,(H,31,33)(H,32,34)/b18-10-. The summed E-state index contributed by atoms with van der Waals surface area (Å²) in [5.41, 5.74) is 3.65. The number of nitrogens with one attached hydrogen (secondary N) is 2. The first-order chi connectivity index (χ1) is 16.7. The lowest BCUT2D eigenvalue weighted by atomic mass is 10.1. The van der Waals surface area contributed by atoms with Crippen LogP contribution in [-0.2, 0) is 9.59 Å². The third-order valence-corrected chi connectivity index (χ3v) is 6.24. The number of aryl methyl sites for hydroxylation is 2. The average molecular weight is 618 g/mol. The average Bonchev–Trinajstić information content (AvgIpc) is 2.80. The molecule has 0 unspecified atom stereocenters. The first kappa shape index (κ1) is 26.5. The number of benzene rings is 3. The summed E-state index contributed by atoms with van der Waals surface area (Å²) < 4.78 is 7.03. The third-order valence-electron chi connectivity index (χ3n) is 4.94. The van der Waals surface area contributed by atoms with E-state index in [2.05, 4.69) is 42.5 Å². The van der Waals surface area contributed by atoms with Crippen LogP contribution in [0.1, 0.15) is 16.7 Å². The number of hydrogen-bond donors (Lipinski definition) is 2. The fourth-order valence-electron chi connectivity index (χ4n) is 3.03. The summed E-state index contributed by atoms with van der Waals surface area (Å²) >= 11 is 12.7. The maximum absolute atomic E-state index is 12.7. The molecular formula is C26H20Br2ClN3O3. The van der Waals surface area contributed by atoms with Crippen LogP contribution in [-0.4, -0.2) is 18.4 Å². The Morgan fingerprint density at radius 2 is 1.69 bits per heavy atom. The van der Waals surface area contributed by atoms with Gasteiger partial charge >= 0.3 is 0 Å². The summed E-state index contributed by atoms with van der Waals surface area (Å²) in [5.74, 6) is -0.626. The zero-order chi connectivity index (χ0) is 25.5. The van der Waals surface area contributed by atoms with Gasteiger partial charge < -0.3 is 15.4 Å². The Morgan fingerprint density at radius 1 is 1.00 bits per heavy atom. The molecule has 0 fully saturated rings. The molecule has 3 rings (SSSR count). The third kappa shape index (κ3) is 7.43. The maximum Gasteiger partial charge on any atom is 0.266 e. The second-order valence-corrected chi connectivity index (χ2v) is 9.78. The monoisotopic (exact) mass is 615 g/mol. The topological polar surface area (TPSA) is 91.2 Å². The predicted octanol–water partition coefficient (Wildman–Crippen LogP) is 7.05. The van der Waals surface area contributed by atoms with Crippen LogP contribution in [0.3, 0.4) is 0 Å². The molecule has 2 amide bonds. The second kappa shape index (κ2) is 12.0. The summed E-state index contributed by atoms with van der Waals surface area (Å²) in [6.45, 7) is 3.69. The fourth-order valence-corrected chi connectivity index (χ4v) is 4.53. The Labute approximate surface area is 225 Å². The molecule has 0 heterocycles. The van der Waals surface area contributed by atoms with Gasteiger partial charge in [0.15, 0.2) is 6.61 Å². The maximum atomic E-state index is 12.7. The summed E-state index contributed by atoms with van der Waals surface area (Å²) in [7, 11) is 0. The van der Waals surface area contributed by atoms with Crippen LogP contribution in [0, 0.1) is 25.2 Å². The lowest BCUT2D eigenvalue weighted by Crippen LogP contribution is -2.20. The van der Waals surface area contributed by atoms with E-state index < -0.39 is 5.91 Å². The first-order valence-corrected chi connectivity index (χ1v) is 12.3. The van der Waals surface area contributed by atoms with Gasteiger partial charge in [-0.3, -0.25) is 9.59 Å². The largest absolute Gasteiger partial charge is 0.482 e. The molecule has 0 atom stereocenters. The summed E-state index contributed by atoms with van der Waals surface area (Å²) in [5, 5.41) is 15.6. The smallest absolute Gasteiger partial charge is 0.266 e. The van der Waals surface area contributed by atoms with Gasteiger partial charge in [0.2, 0.25) is 0 Å². The quantitative estimate of drug-likeness (QED) is 0.220. The Bertz CT molecular complexity index is 1350. The molecule has 0 aliphatic rings. The SMILES string of the molecule is Cc1ccc(NC(=O)COc2c(Br)cc(Br)cc2/C=C(/C#N)C(=O)Nc2ccc(Cl)cc2)cc1C. The molecular weight excluding hydrogens is 598 g/mol. The van der Waals surface area contributed by atoms with Crippen LogP contribution in [0.5, 0.6) is 5.75 Å². The van der Waals surface area contributed by atoms with Gasteiger partial charge in [-0.05, 0) is 95.5 Å². The van der Waals surface area contributed by atoms with Crippen LogP contribution in [0.2, 0.25) is 5.02 Å². The molecule has 35 heavy (non-hydrogen) atoms. The van der Waals surface area contributed by atoms with Crippen molar-refractivity contribution >= 4 is 72.7 Å². The van der Waals surface area contributed by atoms with Gasteiger partial charge in [0.1, 0.15) is 17.4 Å². The van der Waals surface area contributed by atoms with E-state index >= 15 is 0 Å². The van der Waals surface area contributed by atoms with Crippen LogP contribution in [0.4, 0.5) is 11.4 Å². The number of halogens is 3. The minimum atomic E-state index is -0.593. The highest BCUT2D eigenvalue weighted by Gasteiger charge is 2.15. The number of carbonyl (C=O) groups excluding carboxylic acids is 2. The Kier molecular flexibility index (Phi) is 9.10. The fraction of sp³-hybridized carbons (Fsp3) is 0.115. The van der Waals surface area contributed by atoms with E-state index in [0.29, 0.717) is 36.7 Å². The number of hydrogen-bond acceptors (Lipinski definition) is 4.